The molecule has 1 rings (SSSR count). The molecule has 6 unspecified atom stereocenters. The van der Waals surface area contributed by atoms with E-state index in [1.807, 2.05) is 0 Å². The van der Waals surface area contributed by atoms with E-state index in [1.165, 1.54) is 0 Å². The van der Waals surface area contributed by atoms with Crippen molar-refractivity contribution in [2.75, 3.05) is 26.4 Å². The molecular weight excluding hydrogens is 733 g/mol. The molecule has 0 aliphatic carbocycles. The Morgan fingerprint density at radius 3 is 1.50 bits per heavy atom. The van der Waals surface area contributed by atoms with E-state index >= 15 is 0 Å². The van der Waals surface area contributed by atoms with Crippen LogP contribution in [0.1, 0.15) is 142 Å². The second kappa shape index (κ2) is 39.6. The number of esters is 1. The summed E-state index contributed by atoms with van der Waals surface area (Å²) < 4.78 is 22.8. The molecule has 0 amide bonds. The van der Waals surface area contributed by atoms with Crippen molar-refractivity contribution in [3.63, 3.8) is 0 Å². The first-order valence-electron chi connectivity index (χ1n) is 22.3. The summed E-state index contributed by atoms with van der Waals surface area (Å²) >= 11 is 0. The van der Waals surface area contributed by atoms with Crippen LogP contribution >= 0.6 is 0 Å². The highest BCUT2D eigenvalue weighted by Crippen LogP contribution is 2.22. The van der Waals surface area contributed by atoms with Gasteiger partial charge in [0.15, 0.2) is 6.29 Å². The lowest BCUT2D eigenvalue weighted by atomic mass is 9.99. The number of carbonyl (C=O) groups is 1. The first kappa shape index (κ1) is 53.1. The SMILES string of the molecule is CC/C=C\C/C=C\C/C=C\C/C=C\CCCCCCCOCC(COC1OC(CO)C(O)C(O)C1O)OC(=O)CCCCCC/C=C\C/C=C\C/C=C\C/C=C\CC. The molecule has 6 atom stereocenters. The van der Waals surface area contributed by atoms with E-state index in [2.05, 4.69) is 111 Å². The molecule has 4 N–H and O–H groups in total. The fourth-order valence-electron chi connectivity index (χ4n) is 6.06. The van der Waals surface area contributed by atoms with Crippen molar-refractivity contribution in [2.24, 2.45) is 0 Å². The van der Waals surface area contributed by atoms with E-state index in [0.29, 0.717) is 6.61 Å². The maximum atomic E-state index is 12.8. The predicted octanol–water partition coefficient (Wildman–Crippen LogP) is 10.0. The van der Waals surface area contributed by atoms with Crippen molar-refractivity contribution >= 4 is 5.97 Å². The summed E-state index contributed by atoms with van der Waals surface area (Å²) in [6.45, 7) is 4.23. The zero-order valence-electron chi connectivity index (χ0n) is 36.0. The zero-order valence-corrected chi connectivity index (χ0v) is 36.0. The van der Waals surface area contributed by atoms with Gasteiger partial charge in [0.1, 0.15) is 30.5 Å². The Hall–Kier alpha value is -2.89. The van der Waals surface area contributed by atoms with Gasteiger partial charge in [-0.15, -0.1) is 0 Å². The standard InChI is InChI=1S/C49H80O9/c1-3-5-7-9-11-13-15-17-19-21-23-25-27-29-31-33-35-37-39-55-41-43(42-56-49-48(54)47(53)46(52)44(40-50)58-49)57-45(51)38-36-34-32-30-28-26-24-22-20-18-16-14-12-10-8-6-4-2/h5-8,11-14,17-20,23-26,43-44,46-50,52-54H,3-4,9-10,15-16,21-22,27-42H2,1-2H3/b7-5-,8-6-,13-11-,14-12-,19-17-,20-18-,25-23-,26-24-. The van der Waals surface area contributed by atoms with Gasteiger partial charge < -0.3 is 39.4 Å². The molecule has 0 radical (unpaired) electrons. The van der Waals surface area contributed by atoms with E-state index in [-0.39, 0.29) is 25.6 Å². The van der Waals surface area contributed by atoms with E-state index in [1.54, 1.807) is 0 Å². The average Bonchev–Trinajstić information content (AvgIpc) is 3.22. The number of aliphatic hydroxyl groups is 4. The molecule has 9 nitrogen and oxygen atoms in total. The molecular formula is C49H80O9. The molecule has 0 bridgehead atoms. The molecule has 0 saturated carbocycles. The van der Waals surface area contributed by atoms with Gasteiger partial charge in [-0.05, 0) is 89.9 Å². The van der Waals surface area contributed by atoms with Crippen molar-refractivity contribution in [3.05, 3.63) is 97.2 Å². The minimum Gasteiger partial charge on any atom is -0.457 e. The molecule has 1 aliphatic rings. The highest BCUT2D eigenvalue weighted by Gasteiger charge is 2.44. The largest absolute Gasteiger partial charge is 0.457 e. The summed E-state index contributed by atoms with van der Waals surface area (Å²) in [6.07, 6.45) is 47.1. The van der Waals surface area contributed by atoms with Crippen LogP contribution in [0.15, 0.2) is 97.2 Å². The Balaban J connectivity index is 2.32. The third-order valence-electron chi connectivity index (χ3n) is 9.50. The summed E-state index contributed by atoms with van der Waals surface area (Å²) in [4.78, 5) is 12.8. The summed E-state index contributed by atoms with van der Waals surface area (Å²) in [5, 5.41) is 40.1. The molecule has 1 heterocycles. The first-order valence-corrected chi connectivity index (χ1v) is 22.3. The van der Waals surface area contributed by atoms with Gasteiger partial charge in [0, 0.05) is 13.0 Å². The Bertz CT molecular complexity index is 1200. The molecule has 1 saturated heterocycles. The second-order valence-corrected chi connectivity index (χ2v) is 14.7. The molecule has 0 spiro atoms. The fraction of sp³-hybridized carbons (Fsp3) is 0.653. The number of aliphatic hydroxyl groups excluding tert-OH is 4. The maximum absolute atomic E-state index is 12.8. The van der Waals surface area contributed by atoms with Crippen LogP contribution in [0, 0.1) is 0 Å². The number of allylic oxidation sites excluding steroid dienone is 16. The lowest BCUT2D eigenvalue weighted by Crippen LogP contribution is -2.59. The fourth-order valence-corrected chi connectivity index (χ4v) is 6.06. The molecule has 1 aliphatic heterocycles. The molecule has 0 aromatic carbocycles. The van der Waals surface area contributed by atoms with Gasteiger partial charge >= 0.3 is 5.97 Å². The molecule has 9 heteroatoms. The van der Waals surface area contributed by atoms with Crippen LogP contribution < -0.4 is 0 Å². The van der Waals surface area contributed by atoms with E-state index in [4.69, 9.17) is 18.9 Å². The molecule has 58 heavy (non-hydrogen) atoms. The zero-order chi connectivity index (χ0) is 42.2. The smallest absolute Gasteiger partial charge is 0.306 e. The number of hydrogen-bond donors (Lipinski definition) is 4. The summed E-state index contributed by atoms with van der Waals surface area (Å²) in [7, 11) is 0. The number of rotatable bonds is 36. The van der Waals surface area contributed by atoms with Crippen LogP contribution in [0.2, 0.25) is 0 Å². The van der Waals surface area contributed by atoms with Gasteiger partial charge in [0.25, 0.3) is 0 Å². The quantitative estimate of drug-likeness (QED) is 0.0277. The first-order chi connectivity index (χ1) is 28.4. The highest BCUT2D eigenvalue weighted by atomic mass is 16.7. The Morgan fingerprint density at radius 1 is 0.552 bits per heavy atom. The Morgan fingerprint density at radius 2 is 1.00 bits per heavy atom. The third-order valence-corrected chi connectivity index (χ3v) is 9.50. The van der Waals surface area contributed by atoms with Gasteiger partial charge in [-0.1, -0.05) is 143 Å². The summed E-state index contributed by atoms with van der Waals surface area (Å²) in [5.41, 5.74) is 0. The van der Waals surface area contributed by atoms with Gasteiger partial charge in [-0.3, -0.25) is 4.79 Å². The minimum atomic E-state index is -1.55. The van der Waals surface area contributed by atoms with Crippen molar-refractivity contribution < 1.29 is 44.2 Å². The van der Waals surface area contributed by atoms with Crippen molar-refractivity contribution in [1.29, 1.82) is 0 Å². The highest BCUT2D eigenvalue weighted by molar-refractivity contribution is 5.69. The van der Waals surface area contributed by atoms with Crippen molar-refractivity contribution in [2.45, 2.75) is 179 Å². The topological polar surface area (TPSA) is 135 Å². The normalized spacial score (nSPS) is 21.2. The van der Waals surface area contributed by atoms with Crippen LogP contribution in [-0.4, -0.2) is 89.6 Å². The molecule has 0 aromatic heterocycles. The predicted molar refractivity (Wildman–Crippen MR) is 237 cm³/mol. The van der Waals surface area contributed by atoms with Crippen LogP contribution in [0.4, 0.5) is 0 Å². The van der Waals surface area contributed by atoms with Gasteiger partial charge in [0.2, 0.25) is 0 Å². The van der Waals surface area contributed by atoms with Crippen molar-refractivity contribution in [3.8, 4) is 0 Å². The van der Waals surface area contributed by atoms with Gasteiger partial charge in [-0.25, -0.2) is 0 Å². The van der Waals surface area contributed by atoms with Crippen LogP contribution in [-0.2, 0) is 23.7 Å². The second-order valence-electron chi connectivity index (χ2n) is 14.7. The van der Waals surface area contributed by atoms with Crippen molar-refractivity contribution in [1.82, 2.24) is 0 Å². The molecule has 1 fully saturated rings. The van der Waals surface area contributed by atoms with Crippen LogP contribution in [0.25, 0.3) is 0 Å². The number of carbonyl (C=O) groups excluding carboxylic acids is 1. The lowest BCUT2D eigenvalue weighted by molar-refractivity contribution is -0.305. The molecule has 330 valence electrons. The Kier molecular flexibility index (Phi) is 36.2. The van der Waals surface area contributed by atoms with E-state index < -0.39 is 43.4 Å². The maximum Gasteiger partial charge on any atom is 0.306 e. The summed E-state index contributed by atoms with van der Waals surface area (Å²) in [5.74, 6) is -0.349. The van der Waals surface area contributed by atoms with Crippen LogP contribution in [0.3, 0.4) is 0 Å². The van der Waals surface area contributed by atoms with Gasteiger partial charge in [-0.2, -0.15) is 0 Å². The monoisotopic (exact) mass is 813 g/mol. The summed E-state index contributed by atoms with van der Waals surface area (Å²) in [6, 6.07) is 0. The molecule has 0 aromatic rings. The average molecular weight is 813 g/mol. The van der Waals surface area contributed by atoms with Gasteiger partial charge in [0.05, 0.1) is 19.8 Å². The Labute approximate surface area is 352 Å². The number of unbranched alkanes of at least 4 members (excludes halogenated alkanes) is 9. The van der Waals surface area contributed by atoms with E-state index in [0.717, 1.165) is 122 Å². The lowest BCUT2D eigenvalue weighted by Gasteiger charge is -2.39. The number of ether oxygens (including phenoxy) is 4. The van der Waals surface area contributed by atoms with Crippen LogP contribution in [0.5, 0.6) is 0 Å². The van der Waals surface area contributed by atoms with E-state index in [9.17, 15) is 25.2 Å². The third kappa shape index (κ3) is 30.2. The number of hydrogen-bond acceptors (Lipinski definition) is 9. The minimum absolute atomic E-state index is 0.115.